The van der Waals surface area contributed by atoms with Gasteiger partial charge >= 0.3 is 6.09 Å². The van der Waals surface area contributed by atoms with Crippen LogP contribution in [-0.2, 0) is 16.6 Å². The molecule has 29 heavy (non-hydrogen) atoms. The van der Waals surface area contributed by atoms with E-state index in [0.29, 0.717) is 56.1 Å². The van der Waals surface area contributed by atoms with Gasteiger partial charge in [0.25, 0.3) is 0 Å². The van der Waals surface area contributed by atoms with Gasteiger partial charge in [0.05, 0.1) is 6.26 Å². The first-order valence-corrected chi connectivity index (χ1v) is 12.1. The molecule has 8 nitrogen and oxygen atoms in total. The zero-order chi connectivity index (χ0) is 20.8. The minimum atomic E-state index is -3.16. The van der Waals surface area contributed by atoms with Gasteiger partial charge in [0.1, 0.15) is 0 Å². The monoisotopic (exact) mass is 442 g/mol. The average molecular weight is 443 g/mol. The van der Waals surface area contributed by atoms with Crippen molar-refractivity contribution in [2.75, 3.05) is 63.5 Å². The third-order valence-electron chi connectivity index (χ3n) is 6.32. The minimum absolute atomic E-state index is 0.403. The summed E-state index contributed by atoms with van der Waals surface area (Å²) < 4.78 is 25.1. The van der Waals surface area contributed by atoms with Crippen LogP contribution in [0.25, 0.3) is 0 Å². The van der Waals surface area contributed by atoms with Crippen molar-refractivity contribution in [2.45, 2.75) is 6.54 Å². The summed E-state index contributed by atoms with van der Waals surface area (Å²) in [6, 6.07) is 5.92. The maximum Gasteiger partial charge on any atom is 0.407 e. The summed E-state index contributed by atoms with van der Waals surface area (Å²) in [7, 11) is -3.16. The van der Waals surface area contributed by atoms with Gasteiger partial charge in [0, 0.05) is 69.6 Å². The number of benzene rings is 1. The largest absolute Gasteiger partial charge is 0.465 e. The Labute approximate surface area is 176 Å². The number of carboxylic acid groups (broad SMARTS) is 1. The quantitative estimate of drug-likeness (QED) is 0.760. The van der Waals surface area contributed by atoms with Crippen LogP contribution in [-0.4, -0.2) is 92.3 Å². The summed E-state index contributed by atoms with van der Waals surface area (Å²) in [5, 5.41) is 9.87. The number of hydrogen-bond donors (Lipinski definition) is 1. The van der Waals surface area contributed by atoms with E-state index in [4.69, 9.17) is 11.6 Å². The van der Waals surface area contributed by atoms with Gasteiger partial charge in [-0.15, -0.1) is 0 Å². The van der Waals surface area contributed by atoms with Crippen LogP contribution in [0.4, 0.5) is 10.5 Å². The highest BCUT2D eigenvalue weighted by molar-refractivity contribution is 7.88. The van der Waals surface area contributed by atoms with Gasteiger partial charge in [-0.05, 0) is 29.5 Å². The molecule has 160 valence electrons. The molecule has 0 spiro atoms. The van der Waals surface area contributed by atoms with E-state index in [0.717, 1.165) is 25.3 Å². The molecule has 0 aliphatic carbocycles. The van der Waals surface area contributed by atoms with Gasteiger partial charge in [-0.25, -0.2) is 13.2 Å². The third-order valence-corrected chi connectivity index (χ3v) is 7.86. The lowest BCUT2D eigenvalue weighted by Crippen LogP contribution is -2.48. The van der Waals surface area contributed by atoms with Crippen LogP contribution in [0.1, 0.15) is 5.56 Å². The number of sulfonamides is 1. The second-order valence-corrected chi connectivity index (χ2v) is 10.7. The molecule has 2 unspecified atom stereocenters. The standard InChI is InChI=1S/C19H27ClN4O4S/c1-29(27,28)24-6-4-22(5-7-24)18-8-17(20)3-2-14(18)9-21-10-15-12-23(19(25)26)13-16(15)11-21/h2-3,8,15-16H,4-7,9-13H2,1H3,(H,25,26). The summed E-state index contributed by atoms with van der Waals surface area (Å²) in [6.45, 7) is 6.07. The Bertz CT molecular complexity index is 874. The SMILES string of the molecule is CS(=O)(=O)N1CCN(c2cc(Cl)ccc2CN2CC3CN(C(=O)O)CC3C2)CC1. The maximum atomic E-state index is 11.8. The van der Waals surface area contributed by atoms with Crippen molar-refractivity contribution in [1.82, 2.24) is 14.1 Å². The number of halogens is 1. The summed E-state index contributed by atoms with van der Waals surface area (Å²) >= 11 is 6.27. The molecule has 3 heterocycles. The number of piperazine rings is 1. The molecule has 1 aromatic carbocycles. The summed E-state index contributed by atoms with van der Waals surface area (Å²) in [5.41, 5.74) is 2.24. The van der Waals surface area contributed by atoms with Gasteiger partial charge in [-0.3, -0.25) is 4.90 Å². The van der Waals surface area contributed by atoms with Crippen LogP contribution >= 0.6 is 11.6 Å². The Balaban J connectivity index is 1.43. The van der Waals surface area contributed by atoms with Crippen molar-refractivity contribution in [1.29, 1.82) is 0 Å². The van der Waals surface area contributed by atoms with Gasteiger partial charge in [-0.2, -0.15) is 4.31 Å². The first kappa shape index (κ1) is 20.7. The molecule has 10 heteroatoms. The average Bonchev–Trinajstić information content (AvgIpc) is 3.21. The van der Waals surface area contributed by atoms with Gasteiger partial charge < -0.3 is 14.9 Å². The molecule has 2 atom stereocenters. The second kappa shape index (κ2) is 7.94. The number of anilines is 1. The topological polar surface area (TPSA) is 84.4 Å². The van der Waals surface area contributed by atoms with Gasteiger partial charge in [0.15, 0.2) is 0 Å². The summed E-state index contributed by atoms with van der Waals surface area (Å²) in [6.07, 6.45) is 0.433. The van der Waals surface area contributed by atoms with Crippen molar-refractivity contribution in [3.05, 3.63) is 28.8 Å². The molecule has 3 fully saturated rings. The molecular weight excluding hydrogens is 416 g/mol. The fourth-order valence-corrected chi connectivity index (χ4v) is 5.84. The molecule has 3 saturated heterocycles. The molecule has 4 rings (SSSR count). The van der Waals surface area contributed by atoms with E-state index in [1.165, 1.54) is 21.0 Å². The first-order valence-electron chi connectivity index (χ1n) is 9.89. The Morgan fingerprint density at radius 2 is 1.72 bits per heavy atom. The number of amides is 1. The van der Waals surface area contributed by atoms with Crippen LogP contribution in [0.15, 0.2) is 18.2 Å². The van der Waals surface area contributed by atoms with Crippen LogP contribution < -0.4 is 4.90 Å². The second-order valence-electron chi connectivity index (χ2n) is 8.32. The number of nitrogens with zero attached hydrogens (tertiary/aromatic N) is 4. The fraction of sp³-hybridized carbons (Fsp3) is 0.632. The number of rotatable bonds is 4. The number of carbonyl (C=O) groups is 1. The number of likely N-dealkylation sites (tertiary alicyclic amines) is 2. The zero-order valence-electron chi connectivity index (χ0n) is 16.5. The van der Waals surface area contributed by atoms with Crippen molar-refractivity contribution < 1.29 is 18.3 Å². The van der Waals surface area contributed by atoms with E-state index in [1.807, 2.05) is 12.1 Å². The Morgan fingerprint density at radius 1 is 1.10 bits per heavy atom. The lowest BCUT2D eigenvalue weighted by molar-refractivity contribution is 0.148. The molecular formula is C19H27ClN4O4S. The third kappa shape index (κ3) is 4.47. The highest BCUT2D eigenvalue weighted by Gasteiger charge is 2.41. The highest BCUT2D eigenvalue weighted by Crippen LogP contribution is 2.34. The number of hydrogen-bond acceptors (Lipinski definition) is 5. The summed E-state index contributed by atoms with van der Waals surface area (Å²) in [4.78, 5) is 17.3. The van der Waals surface area contributed by atoms with Crippen LogP contribution in [0.5, 0.6) is 0 Å². The molecule has 3 aliphatic heterocycles. The fourth-order valence-electron chi connectivity index (χ4n) is 4.84. The maximum absolute atomic E-state index is 11.8. The zero-order valence-corrected chi connectivity index (χ0v) is 18.1. The Hall–Kier alpha value is -1.55. The number of fused-ring (bicyclic) bond motifs is 1. The smallest absolute Gasteiger partial charge is 0.407 e. The lowest BCUT2D eigenvalue weighted by atomic mass is 10.0. The summed E-state index contributed by atoms with van der Waals surface area (Å²) in [5.74, 6) is 0.806. The molecule has 1 amide bonds. The van der Waals surface area contributed by atoms with E-state index in [1.54, 1.807) is 0 Å². The highest BCUT2D eigenvalue weighted by atomic mass is 35.5. The van der Waals surface area contributed by atoms with Crippen molar-refractivity contribution >= 4 is 33.4 Å². The minimum Gasteiger partial charge on any atom is -0.465 e. The van der Waals surface area contributed by atoms with Crippen LogP contribution in [0.2, 0.25) is 5.02 Å². The van der Waals surface area contributed by atoms with E-state index in [9.17, 15) is 18.3 Å². The van der Waals surface area contributed by atoms with Crippen LogP contribution in [0.3, 0.4) is 0 Å². The lowest BCUT2D eigenvalue weighted by Gasteiger charge is -2.36. The predicted octanol–water partition coefficient (Wildman–Crippen LogP) is 1.46. The van der Waals surface area contributed by atoms with E-state index < -0.39 is 16.1 Å². The van der Waals surface area contributed by atoms with Crippen LogP contribution in [0, 0.1) is 11.8 Å². The molecule has 1 aromatic rings. The van der Waals surface area contributed by atoms with Crippen molar-refractivity contribution in [2.24, 2.45) is 11.8 Å². The van der Waals surface area contributed by atoms with Gasteiger partial charge in [0.2, 0.25) is 10.0 Å². The van der Waals surface area contributed by atoms with Crippen molar-refractivity contribution in [3.8, 4) is 0 Å². The molecule has 0 saturated carbocycles. The Morgan fingerprint density at radius 3 is 2.28 bits per heavy atom. The normalized spacial score (nSPS) is 26.1. The molecule has 0 aromatic heterocycles. The molecule has 0 radical (unpaired) electrons. The van der Waals surface area contributed by atoms with E-state index in [2.05, 4.69) is 15.9 Å². The Kier molecular flexibility index (Phi) is 5.67. The molecule has 3 aliphatic rings. The predicted molar refractivity (Wildman–Crippen MR) is 112 cm³/mol. The van der Waals surface area contributed by atoms with E-state index >= 15 is 0 Å². The molecule has 1 N–H and O–H groups in total. The van der Waals surface area contributed by atoms with E-state index in [-0.39, 0.29) is 0 Å². The molecule has 0 bridgehead atoms. The first-order chi connectivity index (χ1) is 13.7. The van der Waals surface area contributed by atoms with Gasteiger partial charge in [-0.1, -0.05) is 17.7 Å². The van der Waals surface area contributed by atoms with Crippen molar-refractivity contribution in [3.63, 3.8) is 0 Å².